The molecule has 0 aliphatic carbocycles. The van der Waals surface area contributed by atoms with Crippen LogP contribution in [-0.2, 0) is 4.79 Å². The molecule has 152 valence electrons. The highest BCUT2D eigenvalue weighted by molar-refractivity contribution is 8.15. The largest absolute Gasteiger partial charge is 0.484 e. The lowest BCUT2D eigenvalue weighted by Gasteiger charge is -2.08. The van der Waals surface area contributed by atoms with E-state index in [0.29, 0.717) is 16.7 Å². The van der Waals surface area contributed by atoms with Crippen LogP contribution < -0.4 is 15.5 Å². The van der Waals surface area contributed by atoms with E-state index in [4.69, 9.17) is 4.74 Å². The summed E-state index contributed by atoms with van der Waals surface area (Å²) >= 11 is 1.77. The minimum Gasteiger partial charge on any atom is -0.484 e. The van der Waals surface area contributed by atoms with Crippen molar-refractivity contribution >= 4 is 34.2 Å². The lowest BCUT2D eigenvalue weighted by molar-refractivity contribution is -0.123. The minimum absolute atomic E-state index is 0.248. The monoisotopic (exact) mass is 414 g/mol. The number of hydrogen-bond donors (Lipinski definition) is 2. The highest BCUT2D eigenvalue weighted by Crippen LogP contribution is 2.24. The molecule has 3 rings (SSSR count). The van der Waals surface area contributed by atoms with Crippen LogP contribution in [0.4, 0.5) is 10.1 Å². The van der Waals surface area contributed by atoms with Crippen molar-refractivity contribution in [2.24, 2.45) is 10.1 Å². The van der Waals surface area contributed by atoms with E-state index in [-0.39, 0.29) is 6.61 Å². The molecule has 1 heterocycles. The Morgan fingerprint density at radius 3 is 2.79 bits per heavy atom. The van der Waals surface area contributed by atoms with Crippen LogP contribution in [0.25, 0.3) is 0 Å². The van der Waals surface area contributed by atoms with Crippen LogP contribution in [0.2, 0.25) is 0 Å². The van der Waals surface area contributed by atoms with Crippen LogP contribution in [0.15, 0.2) is 58.6 Å². The molecule has 2 aromatic carbocycles. The third-order valence-corrected chi connectivity index (χ3v) is 5.51. The van der Waals surface area contributed by atoms with Gasteiger partial charge in [-0.15, -0.1) is 0 Å². The summed E-state index contributed by atoms with van der Waals surface area (Å²) in [6.07, 6.45) is 1.10. The zero-order chi connectivity index (χ0) is 20.6. The van der Waals surface area contributed by atoms with Crippen LogP contribution >= 0.6 is 11.8 Å². The Kier molecular flexibility index (Phi) is 7.24. The Bertz CT molecular complexity index is 915. The molecule has 8 heteroatoms. The van der Waals surface area contributed by atoms with Gasteiger partial charge >= 0.3 is 0 Å². The van der Waals surface area contributed by atoms with E-state index in [2.05, 4.69) is 27.8 Å². The Balaban J connectivity index is 1.48. The third-order valence-electron chi connectivity index (χ3n) is 4.24. The number of ether oxygens (including phenoxy) is 1. The Hall–Kier alpha value is -2.87. The first-order chi connectivity index (χ1) is 14.0. The van der Waals surface area contributed by atoms with Crippen LogP contribution in [0.1, 0.15) is 25.8 Å². The maximum absolute atomic E-state index is 13.1. The standard InChI is InChI=1S/C21H23FN4O2S/c1-3-19-12-23-21(29-19)24-17-9-7-15(8-10-17)14(2)25-26-20(27)13-28-18-6-4-5-16(22)11-18/h4-11,19H,3,12-13H2,1-2H3,(H,23,24)(H,26,27)/b25-14-/t19-/m1/s1. The molecule has 1 aliphatic heterocycles. The van der Waals surface area contributed by atoms with Crippen molar-refractivity contribution < 1.29 is 13.9 Å². The van der Waals surface area contributed by atoms with Gasteiger partial charge in [0.1, 0.15) is 11.6 Å². The molecule has 29 heavy (non-hydrogen) atoms. The second-order valence-electron chi connectivity index (χ2n) is 6.47. The summed E-state index contributed by atoms with van der Waals surface area (Å²) in [4.78, 5) is 16.4. The first-order valence-corrected chi connectivity index (χ1v) is 10.2. The minimum atomic E-state index is -0.423. The summed E-state index contributed by atoms with van der Waals surface area (Å²) in [5, 5.41) is 8.91. The molecule has 0 saturated carbocycles. The van der Waals surface area contributed by atoms with E-state index in [1.165, 1.54) is 18.2 Å². The van der Waals surface area contributed by atoms with Gasteiger partial charge < -0.3 is 10.1 Å². The van der Waals surface area contributed by atoms with E-state index in [9.17, 15) is 9.18 Å². The lowest BCUT2D eigenvalue weighted by atomic mass is 10.1. The van der Waals surface area contributed by atoms with Gasteiger partial charge in [-0.25, -0.2) is 9.82 Å². The number of aliphatic imine (C=N–C) groups is 1. The van der Waals surface area contributed by atoms with Crippen molar-refractivity contribution in [3.8, 4) is 5.75 Å². The van der Waals surface area contributed by atoms with Gasteiger partial charge in [-0.05, 0) is 43.2 Å². The molecule has 1 aliphatic rings. The first-order valence-electron chi connectivity index (χ1n) is 9.33. The highest BCUT2D eigenvalue weighted by atomic mass is 32.2. The number of hydrogen-bond acceptors (Lipinski definition) is 6. The number of thioether (sulfide) groups is 1. The van der Waals surface area contributed by atoms with E-state index in [0.717, 1.165) is 29.4 Å². The average Bonchev–Trinajstić information content (AvgIpc) is 3.18. The summed E-state index contributed by atoms with van der Waals surface area (Å²) in [5.74, 6) is -0.550. The normalized spacial score (nSPS) is 16.3. The van der Waals surface area contributed by atoms with Gasteiger partial charge in [0.25, 0.3) is 5.91 Å². The van der Waals surface area contributed by atoms with Gasteiger partial charge in [-0.1, -0.05) is 36.9 Å². The topological polar surface area (TPSA) is 75.1 Å². The number of carbonyl (C=O) groups is 1. The van der Waals surface area contributed by atoms with E-state index < -0.39 is 11.7 Å². The third kappa shape index (κ3) is 6.32. The Morgan fingerprint density at radius 1 is 1.31 bits per heavy atom. The Morgan fingerprint density at radius 2 is 2.10 bits per heavy atom. The van der Waals surface area contributed by atoms with Gasteiger partial charge in [0.15, 0.2) is 11.8 Å². The molecular weight excluding hydrogens is 391 g/mol. The van der Waals surface area contributed by atoms with Gasteiger partial charge in [0.2, 0.25) is 0 Å². The average molecular weight is 415 g/mol. The van der Waals surface area contributed by atoms with Gasteiger partial charge in [-0.2, -0.15) is 5.10 Å². The van der Waals surface area contributed by atoms with Crippen LogP contribution in [0.3, 0.4) is 0 Å². The van der Waals surface area contributed by atoms with Crippen molar-refractivity contribution in [3.63, 3.8) is 0 Å². The first kappa shape index (κ1) is 20.9. The molecule has 2 N–H and O–H groups in total. The van der Waals surface area contributed by atoms with Crippen molar-refractivity contribution in [1.82, 2.24) is 5.43 Å². The number of benzene rings is 2. The number of rotatable bonds is 7. The number of nitrogens with one attached hydrogen (secondary N) is 2. The molecule has 0 bridgehead atoms. The molecule has 0 fully saturated rings. The molecule has 0 aromatic heterocycles. The summed E-state index contributed by atoms with van der Waals surface area (Å²) < 4.78 is 18.3. The highest BCUT2D eigenvalue weighted by Gasteiger charge is 2.17. The van der Waals surface area contributed by atoms with Crippen LogP contribution in [0.5, 0.6) is 5.75 Å². The number of halogens is 1. The number of hydrazone groups is 1. The fourth-order valence-corrected chi connectivity index (χ4v) is 3.52. The second kappa shape index (κ2) is 10.1. The molecular formula is C21H23FN4O2S. The second-order valence-corrected chi connectivity index (χ2v) is 7.76. The lowest BCUT2D eigenvalue weighted by Crippen LogP contribution is -2.25. The molecule has 6 nitrogen and oxygen atoms in total. The molecule has 1 amide bonds. The molecule has 2 aromatic rings. The number of amides is 1. The fourth-order valence-electron chi connectivity index (χ4n) is 2.57. The smallest absolute Gasteiger partial charge is 0.277 e. The number of anilines is 1. The van der Waals surface area contributed by atoms with Gasteiger partial charge in [0.05, 0.1) is 12.3 Å². The summed E-state index contributed by atoms with van der Waals surface area (Å²) in [7, 11) is 0. The quantitative estimate of drug-likeness (QED) is 0.530. The predicted octanol–water partition coefficient (Wildman–Crippen LogP) is 4.04. The van der Waals surface area contributed by atoms with Crippen molar-refractivity contribution in [2.75, 3.05) is 18.5 Å². The van der Waals surface area contributed by atoms with E-state index >= 15 is 0 Å². The summed E-state index contributed by atoms with van der Waals surface area (Å²) in [6.45, 7) is 4.58. The SMILES string of the molecule is CC[C@@H]1CN=C(Nc2ccc(/C(C)=N\NC(=O)COc3cccc(F)c3)cc2)S1. The number of carbonyl (C=O) groups excluding carboxylic acids is 1. The van der Waals surface area contributed by atoms with Gasteiger partial charge in [0, 0.05) is 17.0 Å². The molecule has 0 unspecified atom stereocenters. The molecule has 0 radical (unpaired) electrons. The van der Waals surface area contributed by atoms with Crippen molar-refractivity contribution in [3.05, 3.63) is 59.9 Å². The van der Waals surface area contributed by atoms with E-state index in [1.54, 1.807) is 24.8 Å². The molecule has 1 atom stereocenters. The van der Waals surface area contributed by atoms with Gasteiger partial charge in [-0.3, -0.25) is 9.79 Å². The van der Waals surface area contributed by atoms with Crippen LogP contribution in [-0.4, -0.2) is 35.2 Å². The summed E-state index contributed by atoms with van der Waals surface area (Å²) in [5.41, 5.74) is 4.94. The van der Waals surface area contributed by atoms with E-state index in [1.807, 2.05) is 24.3 Å². The van der Waals surface area contributed by atoms with Crippen LogP contribution in [0, 0.1) is 5.82 Å². The van der Waals surface area contributed by atoms with Crippen molar-refractivity contribution in [1.29, 1.82) is 0 Å². The van der Waals surface area contributed by atoms with Crippen molar-refractivity contribution in [2.45, 2.75) is 25.5 Å². The zero-order valence-electron chi connectivity index (χ0n) is 16.3. The Labute approximate surface area is 173 Å². The maximum atomic E-state index is 13.1. The summed E-state index contributed by atoms with van der Waals surface area (Å²) in [6, 6.07) is 13.4. The maximum Gasteiger partial charge on any atom is 0.277 e. The number of amidine groups is 1. The molecule has 0 saturated heterocycles. The fraction of sp³-hybridized carbons (Fsp3) is 0.286. The predicted molar refractivity (Wildman–Crippen MR) is 116 cm³/mol. The number of nitrogens with zero attached hydrogens (tertiary/aromatic N) is 2. The zero-order valence-corrected chi connectivity index (χ0v) is 17.1. The molecule has 0 spiro atoms.